The summed E-state index contributed by atoms with van der Waals surface area (Å²) < 4.78 is 5.36. The molecule has 0 aliphatic rings. The number of benzene rings is 1. The number of thiophene rings is 1. The molecule has 0 radical (unpaired) electrons. The van der Waals surface area contributed by atoms with Crippen molar-refractivity contribution < 1.29 is 9.53 Å². The molecule has 0 aliphatic carbocycles. The molecule has 0 saturated heterocycles. The molecule has 0 atom stereocenters. The van der Waals surface area contributed by atoms with Gasteiger partial charge in [0.05, 0.1) is 10.6 Å². The molecule has 1 aromatic carbocycles. The van der Waals surface area contributed by atoms with Gasteiger partial charge in [-0.3, -0.25) is 4.79 Å². The molecule has 1 heterocycles. The van der Waals surface area contributed by atoms with Crippen molar-refractivity contribution in [2.45, 2.75) is 13.8 Å². The zero-order valence-electron chi connectivity index (χ0n) is 11.9. The number of nitrogens with zero attached hydrogens (tertiary/aromatic N) is 1. The zero-order valence-corrected chi connectivity index (χ0v) is 14.2. The molecule has 0 fully saturated rings. The number of halogens is 2. The Bertz CT molecular complexity index is 766. The molecule has 114 valence electrons. The predicted octanol–water partition coefficient (Wildman–Crippen LogP) is 4.56. The smallest absolute Gasteiger partial charge is 0.262 e. The van der Waals surface area contributed by atoms with Gasteiger partial charge in [-0.1, -0.05) is 23.2 Å². The molecule has 0 bridgehead atoms. The van der Waals surface area contributed by atoms with Crippen molar-refractivity contribution >= 4 is 45.4 Å². The lowest BCUT2D eigenvalue weighted by Crippen LogP contribution is -2.20. The van der Waals surface area contributed by atoms with E-state index < -0.39 is 0 Å². The molecule has 4 nitrogen and oxygen atoms in total. The van der Waals surface area contributed by atoms with E-state index in [1.165, 1.54) is 17.4 Å². The molecule has 1 N–H and O–H groups in total. The van der Waals surface area contributed by atoms with E-state index >= 15 is 0 Å². The van der Waals surface area contributed by atoms with E-state index in [1.807, 2.05) is 13.8 Å². The lowest BCUT2D eigenvalue weighted by molar-refractivity contribution is -0.118. The Kier molecular flexibility index (Phi) is 5.30. The maximum Gasteiger partial charge on any atom is 0.262 e. The summed E-state index contributed by atoms with van der Waals surface area (Å²) in [4.78, 5) is 12.9. The molecule has 1 amide bonds. The first-order valence-corrected chi connectivity index (χ1v) is 7.87. The standard InChI is InChI=1S/C15H12Cl2N2O2S/c1-8-9(2)22-15(11(8)6-18)19-14(20)7-21-13-4-3-10(16)5-12(13)17/h3-5H,7H2,1-2H3,(H,19,20). The van der Waals surface area contributed by atoms with Gasteiger partial charge in [-0.05, 0) is 37.6 Å². The minimum Gasteiger partial charge on any atom is -0.482 e. The van der Waals surface area contributed by atoms with Gasteiger partial charge in [0, 0.05) is 9.90 Å². The molecule has 0 aliphatic heterocycles. The van der Waals surface area contributed by atoms with E-state index in [2.05, 4.69) is 11.4 Å². The van der Waals surface area contributed by atoms with Crippen LogP contribution in [0.4, 0.5) is 5.00 Å². The van der Waals surface area contributed by atoms with E-state index in [0.717, 1.165) is 10.4 Å². The molecule has 0 saturated carbocycles. The number of carbonyl (C=O) groups is 1. The summed E-state index contributed by atoms with van der Waals surface area (Å²) in [6.07, 6.45) is 0. The SMILES string of the molecule is Cc1sc(NC(=O)COc2ccc(Cl)cc2Cl)c(C#N)c1C. The van der Waals surface area contributed by atoms with Crippen LogP contribution >= 0.6 is 34.5 Å². The molecular formula is C15H12Cl2N2O2S. The van der Waals surface area contributed by atoms with Gasteiger partial charge >= 0.3 is 0 Å². The van der Waals surface area contributed by atoms with Crippen molar-refractivity contribution in [2.24, 2.45) is 0 Å². The first-order chi connectivity index (χ1) is 10.4. The Hall–Kier alpha value is -1.74. The number of nitriles is 1. The van der Waals surface area contributed by atoms with Crippen LogP contribution in [-0.2, 0) is 4.79 Å². The zero-order chi connectivity index (χ0) is 16.3. The van der Waals surface area contributed by atoms with Crippen molar-refractivity contribution in [3.63, 3.8) is 0 Å². The van der Waals surface area contributed by atoms with Crippen molar-refractivity contribution in [3.8, 4) is 11.8 Å². The van der Waals surface area contributed by atoms with E-state index in [-0.39, 0.29) is 12.5 Å². The average Bonchev–Trinajstić information content (AvgIpc) is 2.72. The van der Waals surface area contributed by atoms with Crippen LogP contribution in [0.5, 0.6) is 5.75 Å². The van der Waals surface area contributed by atoms with Crippen LogP contribution in [0.1, 0.15) is 16.0 Å². The Morgan fingerprint density at radius 1 is 1.41 bits per heavy atom. The average molecular weight is 355 g/mol. The Morgan fingerprint density at radius 2 is 2.14 bits per heavy atom. The van der Waals surface area contributed by atoms with Crippen LogP contribution < -0.4 is 10.1 Å². The quantitative estimate of drug-likeness (QED) is 0.874. The normalized spacial score (nSPS) is 10.1. The van der Waals surface area contributed by atoms with E-state index in [0.29, 0.717) is 26.4 Å². The highest BCUT2D eigenvalue weighted by Crippen LogP contribution is 2.32. The van der Waals surface area contributed by atoms with Crippen LogP contribution in [0.25, 0.3) is 0 Å². The highest BCUT2D eigenvalue weighted by molar-refractivity contribution is 7.16. The second-order valence-electron chi connectivity index (χ2n) is 4.51. The molecule has 0 unspecified atom stereocenters. The molecule has 2 aromatic rings. The number of rotatable bonds is 4. The van der Waals surface area contributed by atoms with Gasteiger partial charge in [0.25, 0.3) is 5.91 Å². The maximum absolute atomic E-state index is 11.9. The third-order valence-electron chi connectivity index (χ3n) is 3.00. The Balaban J connectivity index is 2.02. The monoisotopic (exact) mass is 354 g/mol. The largest absolute Gasteiger partial charge is 0.482 e. The fourth-order valence-electron chi connectivity index (χ4n) is 1.75. The minimum absolute atomic E-state index is 0.206. The summed E-state index contributed by atoms with van der Waals surface area (Å²) in [6, 6.07) is 6.86. The van der Waals surface area contributed by atoms with Gasteiger partial charge in [0.2, 0.25) is 0 Å². The summed E-state index contributed by atoms with van der Waals surface area (Å²) in [5, 5.41) is 13.2. The number of nitrogens with one attached hydrogen (secondary N) is 1. The first-order valence-electron chi connectivity index (χ1n) is 6.30. The van der Waals surface area contributed by atoms with E-state index in [1.54, 1.807) is 12.1 Å². The van der Waals surface area contributed by atoms with Crippen LogP contribution in [-0.4, -0.2) is 12.5 Å². The van der Waals surface area contributed by atoms with Crippen LogP contribution in [0, 0.1) is 25.2 Å². The number of ether oxygens (including phenoxy) is 1. The van der Waals surface area contributed by atoms with E-state index in [4.69, 9.17) is 33.2 Å². The third-order valence-corrected chi connectivity index (χ3v) is 4.66. The number of carbonyl (C=O) groups excluding carboxylic acids is 1. The van der Waals surface area contributed by atoms with Gasteiger partial charge in [0.15, 0.2) is 6.61 Å². The highest BCUT2D eigenvalue weighted by Gasteiger charge is 2.15. The fourth-order valence-corrected chi connectivity index (χ4v) is 3.24. The number of anilines is 1. The second kappa shape index (κ2) is 7.01. The van der Waals surface area contributed by atoms with Crippen molar-refractivity contribution in [2.75, 3.05) is 11.9 Å². The Labute approximate surface area is 142 Å². The number of aryl methyl sites for hydroxylation is 1. The number of amides is 1. The second-order valence-corrected chi connectivity index (χ2v) is 6.58. The molecule has 22 heavy (non-hydrogen) atoms. The molecule has 2 rings (SSSR count). The first kappa shape index (κ1) is 16.6. The molecule has 0 spiro atoms. The van der Waals surface area contributed by atoms with Gasteiger partial charge < -0.3 is 10.1 Å². The topological polar surface area (TPSA) is 62.1 Å². The summed E-state index contributed by atoms with van der Waals surface area (Å²) in [7, 11) is 0. The predicted molar refractivity (Wildman–Crippen MR) is 89.1 cm³/mol. The summed E-state index contributed by atoms with van der Waals surface area (Å²) in [6.45, 7) is 3.55. The summed E-state index contributed by atoms with van der Waals surface area (Å²) in [5.74, 6) is 0.0176. The fraction of sp³-hybridized carbons (Fsp3) is 0.200. The van der Waals surface area contributed by atoms with E-state index in [9.17, 15) is 4.79 Å². The van der Waals surface area contributed by atoms with Gasteiger partial charge in [0.1, 0.15) is 16.8 Å². The molecular weight excluding hydrogens is 343 g/mol. The molecule has 1 aromatic heterocycles. The van der Waals surface area contributed by atoms with Crippen LogP contribution in [0.2, 0.25) is 10.0 Å². The van der Waals surface area contributed by atoms with Crippen molar-refractivity contribution in [3.05, 3.63) is 44.2 Å². The lowest BCUT2D eigenvalue weighted by atomic mass is 10.2. The van der Waals surface area contributed by atoms with Crippen molar-refractivity contribution in [1.82, 2.24) is 0 Å². The number of hydrogen-bond acceptors (Lipinski definition) is 4. The van der Waals surface area contributed by atoms with Gasteiger partial charge in [-0.25, -0.2) is 0 Å². The lowest BCUT2D eigenvalue weighted by Gasteiger charge is -2.08. The summed E-state index contributed by atoms with van der Waals surface area (Å²) >= 11 is 13.1. The van der Waals surface area contributed by atoms with Crippen LogP contribution in [0.3, 0.4) is 0 Å². The van der Waals surface area contributed by atoms with Crippen LogP contribution in [0.15, 0.2) is 18.2 Å². The third kappa shape index (κ3) is 3.72. The maximum atomic E-state index is 11.9. The summed E-state index contributed by atoms with van der Waals surface area (Å²) in [5.41, 5.74) is 1.37. The highest BCUT2D eigenvalue weighted by atomic mass is 35.5. The van der Waals surface area contributed by atoms with Gasteiger partial charge in [-0.15, -0.1) is 11.3 Å². The Morgan fingerprint density at radius 3 is 2.77 bits per heavy atom. The number of hydrogen-bond donors (Lipinski definition) is 1. The minimum atomic E-state index is -0.358. The molecule has 7 heteroatoms. The van der Waals surface area contributed by atoms with Crippen molar-refractivity contribution in [1.29, 1.82) is 5.26 Å². The van der Waals surface area contributed by atoms with Gasteiger partial charge in [-0.2, -0.15) is 5.26 Å².